The molecule has 5 rings (SSSR count). The Morgan fingerprint density at radius 3 is 2.93 bits per heavy atom. The van der Waals surface area contributed by atoms with Crippen LogP contribution < -0.4 is 5.43 Å². The third kappa shape index (κ3) is 3.58. The van der Waals surface area contributed by atoms with Crippen molar-refractivity contribution in [2.45, 2.75) is 19.5 Å². The summed E-state index contributed by atoms with van der Waals surface area (Å²) in [4.78, 5) is 28.4. The zero-order valence-electron chi connectivity index (χ0n) is 15.8. The van der Waals surface area contributed by atoms with Gasteiger partial charge in [0.05, 0.1) is 22.4 Å². The van der Waals surface area contributed by atoms with Crippen LogP contribution in [0.4, 0.5) is 0 Å². The highest BCUT2D eigenvalue weighted by Crippen LogP contribution is 2.27. The second-order valence-electron chi connectivity index (χ2n) is 7.22. The molecule has 0 N–H and O–H groups in total. The molecule has 0 unspecified atom stereocenters. The molecule has 4 aromatic rings. The van der Waals surface area contributed by atoms with Crippen LogP contribution in [0.15, 0.2) is 58.3 Å². The van der Waals surface area contributed by atoms with Gasteiger partial charge in [-0.05, 0) is 24.3 Å². The lowest BCUT2D eigenvalue weighted by atomic mass is 10.1. The van der Waals surface area contributed by atoms with Crippen molar-refractivity contribution in [1.29, 1.82) is 0 Å². The van der Waals surface area contributed by atoms with Crippen molar-refractivity contribution in [3.8, 4) is 11.4 Å². The van der Waals surface area contributed by atoms with Crippen LogP contribution in [0.25, 0.3) is 22.4 Å². The molecule has 0 fully saturated rings. The summed E-state index contributed by atoms with van der Waals surface area (Å²) in [7, 11) is 0. The van der Waals surface area contributed by atoms with E-state index < -0.39 is 0 Å². The molecule has 0 spiro atoms. The monoisotopic (exact) mass is 438 g/mol. The predicted molar refractivity (Wildman–Crippen MR) is 116 cm³/mol. The summed E-state index contributed by atoms with van der Waals surface area (Å²) in [5.74, 6) is 0.680. The van der Waals surface area contributed by atoms with Gasteiger partial charge in [0.25, 0.3) is 0 Å². The van der Waals surface area contributed by atoms with Gasteiger partial charge in [0.15, 0.2) is 16.8 Å². The highest BCUT2D eigenvalue weighted by Gasteiger charge is 2.21. The van der Waals surface area contributed by atoms with Gasteiger partial charge in [0.2, 0.25) is 0 Å². The molecule has 0 aliphatic carbocycles. The van der Waals surface area contributed by atoms with E-state index in [0.29, 0.717) is 45.5 Å². The molecule has 150 valence electrons. The third-order valence-electron chi connectivity index (χ3n) is 5.19. The summed E-state index contributed by atoms with van der Waals surface area (Å²) in [6.45, 7) is 1.91. The average Bonchev–Trinajstić information content (AvgIpc) is 2.76. The van der Waals surface area contributed by atoms with E-state index in [1.54, 1.807) is 24.5 Å². The van der Waals surface area contributed by atoms with E-state index in [2.05, 4.69) is 14.9 Å². The standard InChI is InChI=1S/C22H16Cl2N4O2/c23-16-6-17-20(29)15(12-30-21(17)18(24)7-16)11-28-5-3-19-14(10-28)9-26-22(27-19)13-2-1-4-25-8-13/h1-2,4,6-9,12H,3,5,10-11H2. The molecular formula is C22H16Cl2N4O2. The number of halogens is 2. The first-order chi connectivity index (χ1) is 14.6. The molecule has 30 heavy (non-hydrogen) atoms. The summed E-state index contributed by atoms with van der Waals surface area (Å²) >= 11 is 12.2. The predicted octanol–water partition coefficient (Wildman–Crippen LogP) is 4.51. The summed E-state index contributed by atoms with van der Waals surface area (Å²) in [6, 6.07) is 6.98. The first-order valence-corrected chi connectivity index (χ1v) is 10.2. The van der Waals surface area contributed by atoms with Gasteiger partial charge in [-0.3, -0.25) is 14.7 Å². The van der Waals surface area contributed by atoms with Crippen LogP contribution in [0.2, 0.25) is 10.0 Å². The second kappa shape index (κ2) is 7.80. The van der Waals surface area contributed by atoms with Crippen LogP contribution in [-0.4, -0.2) is 26.4 Å². The Morgan fingerprint density at radius 2 is 2.10 bits per heavy atom. The molecule has 1 aliphatic rings. The van der Waals surface area contributed by atoms with Crippen molar-refractivity contribution in [2.24, 2.45) is 0 Å². The number of aromatic nitrogens is 3. The SMILES string of the molecule is O=c1c(CN2CCc3nc(-c4cccnc4)ncc3C2)coc2c(Cl)cc(Cl)cc12. The lowest BCUT2D eigenvalue weighted by molar-refractivity contribution is 0.240. The molecule has 1 aromatic carbocycles. The topological polar surface area (TPSA) is 72.1 Å². The first kappa shape index (κ1) is 19.2. The lowest BCUT2D eigenvalue weighted by Crippen LogP contribution is -2.32. The van der Waals surface area contributed by atoms with Crippen LogP contribution in [0, 0.1) is 0 Å². The Hall–Kier alpha value is -2.80. The summed E-state index contributed by atoms with van der Waals surface area (Å²) < 4.78 is 5.64. The van der Waals surface area contributed by atoms with E-state index in [1.807, 2.05) is 18.3 Å². The van der Waals surface area contributed by atoms with Crippen molar-refractivity contribution in [3.63, 3.8) is 0 Å². The maximum absolute atomic E-state index is 12.9. The average molecular weight is 439 g/mol. The van der Waals surface area contributed by atoms with Gasteiger partial charge in [-0.2, -0.15) is 0 Å². The van der Waals surface area contributed by atoms with Gasteiger partial charge >= 0.3 is 0 Å². The normalized spacial score (nSPS) is 14.1. The molecule has 0 radical (unpaired) electrons. The maximum atomic E-state index is 12.9. The minimum absolute atomic E-state index is 0.116. The molecule has 0 saturated carbocycles. The Kier molecular flexibility index (Phi) is 4.98. The second-order valence-corrected chi connectivity index (χ2v) is 8.07. The Morgan fingerprint density at radius 1 is 1.20 bits per heavy atom. The quantitative estimate of drug-likeness (QED) is 0.468. The smallest absolute Gasteiger partial charge is 0.197 e. The molecule has 3 aromatic heterocycles. The molecule has 0 amide bonds. The molecule has 0 atom stereocenters. The van der Waals surface area contributed by atoms with Crippen LogP contribution in [-0.2, 0) is 19.5 Å². The number of benzene rings is 1. The van der Waals surface area contributed by atoms with E-state index in [1.165, 1.54) is 6.26 Å². The largest absolute Gasteiger partial charge is 0.462 e. The minimum atomic E-state index is -0.116. The number of pyridine rings is 1. The first-order valence-electron chi connectivity index (χ1n) is 9.45. The molecule has 6 nitrogen and oxygen atoms in total. The Labute approximate surface area is 182 Å². The zero-order chi connectivity index (χ0) is 20.7. The molecular weight excluding hydrogens is 423 g/mol. The summed E-state index contributed by atoms with van der Waals surface area (Å²) in [5, 5.41) is 1.13. The highest BCUT2D eigenvalue weighted by atomic mass is 35.5. The fourth-order valence-electron chi connectivity index (χ4n) is 3.70. The van der Waals surface area contributed by atoms with Crippen molar-refractivity contribution < 1.29 is 4.42 Å². The van der Waals surface area contributed by atoms with Gasteiger partial charge in [-0.25, -0.2) is 9.97 Å². The van der Waals surface area contributed by atoms with Crippen molar-refractivity contribution in [2.75, 3.05) is 6.54 Å². The highest BCUT2D eigenvalue weighted by molar-refractivity contribution is 6.38. The fraction of sp³-hybridized carbons (Fsp3) is 0.182. The number of rotatable bonds is 3. The van der Waals surface area contributed by atoms with Gasteiger partial charge in [0, 0.05) is 66.4 Å². The fourth-order valence-corrected chi connectivity index (χ4v) is 4.24. The summed E-state index contributed by atoms with van der Waals surface area (Å²) in [5.41, 5.74) is 3.80. The van der Waals surface area contributed by atoms with Crippen LogP contribution in [0.3, 0.4) is 0 Å². The van der Waals surface area contributed by atoms with E-state index in [9.17, 15) is 4.79 Å². The van der Waals surface area contributed by atoms with E-state index in [-0.39, 0.29) is 5.43 Å². The zero-order valence-corrected chi connectivity index (χ0v) is 17.3. The van der Waals surface area contributed by atoms with Gasteiger partial charge in [-0.1, -0.05) is 23.2 Å². The Bertz CT molecular complexity index is 1310. The third-order valence-corrected chi connectivity index (χ3v) is 5.69. The van der Waals surface area contributed by atoms with Crippen LogP contribution in [0.5, 0.6) is 0 Å². The molecule has 4 heterocycles. The number of hydrogen-bond donors (Lipinski definition) is 0. The number of hydrogen-bond acceptors (Lipinski definition) is 6. The maximum Gasteiger partial charge on any atom is 0.197 e. The molecule has 8 heteroatoms. The van der Waals surface area contributed by atoms with Crippen LogP contribution >= 0.6 is 23.2 Å². The molecule has 1 aliphatic heterocycles. The number of fused-ring (bicyclic) bond motifs is 2. The van der Waals surface area contributed by atoms with Crippen molar-refractivity contribution >= 4 is 34.2 Å². The molecule has 0 saturated heterocycles. The van der Waals surface area contributed by atoms with Crippen LogP contribution in [0.1, 0.15) is 16.8 Å². The minimum Gasteiger partial charge on any atom is -0.462 e. The lowest BCUT2D eigenvalue weighted by Gasteiger charge is -2.27. The Balaban J connectivity index is 1.39. The van der Waals surface area contributed by atoms with E-state index >= 15 is 0 Å². The van der Waals surface area contributed by atoms with Crippen molar-refractivity contribution in [1.82, 2.24) is 19.9 Å². The van der Waals surface area contributed by atoms with Gasteiger partial charge in [-0.15, -0.1) is 0 Å². The van der Waals surface area contributed by atoms with Gasteiger partial charge in [0.1, 0.15) is 0 Å². The van der Waals surface area contributed by atoms with E-state index in [0.717, 1.165) is 29.8 Å². The molecule has 0 bridgehead atoms. The van der Waals surface area contributed by atoms with Crippen molar-refractivity contribution in [3.05, 3.63) is 86.2 Å². The summed E-state index contributed by atoms with van der Waals surface area (Å²) in [6.07, 6.45) is 7.61. The van der Waals surface area contributed by atoms with E-state index in [4.69, 9.17) is 32.6 Å². The van der Waals surface area contributed by atoms with Gasteiger partial charge < -0.3 is 4.42 Å². The number of nitrogens with zero attached hydrogens (tertiary/aromatic N) is 4.